The van der Waals surface area contributed by atoms with Crippen molar-refractivity contribution >= 4 is 58.5 Å². The van der Waals surface area contributed by atoms with Crippen molar-refractivity contribution < 1.29 is 79.7 Å². The molecule has 0 aromatic heterocycles. The van der Waals surface area contributed by atoms with Crippen molar-refractivity contribution in [1.29, 1.82) is 0 Å². The second-order valence-electron chi connectivity index (χ2n) is 19.9. The molecule has 4 aliphatic heterocycles. The van der Waals surface area contributed by atoms with Crippen molar-refractivity contribution in [3.8, 4) is 17.2 Å². The summed E-state index contributed by atoms with van der Waals surface area (Å²) in [7, 11) is -16.6. The van der Waals surface area contributed by atoms with Crippen LogP contribution < -0.4 is 14.0 Å². The Kier molecular flexibility index (Phi) is 11.8. The van der Waals surface area contributed by atoms with Gasteiger partial charge in [-0.1, -0.05) is 53.6 Å². The lowest BCUT2D eigenvalue weighted by molar-refractivity contribution is -0.183. The van der Waals surface area contributed by atoms with Gasteiger partial charge in [-0.05, 0) is 93.2 Å². The Morgan fingerprint density at radius 2 is 1.58 bits per heavy atom. The number of methoxy groups -OCH3 is 1. The Bertz CT molecular complexity index is 3000. The van der Waals surface area contributed by atoms with Gasteiger partial charge in [0.2, 0.25) is 0 Å². The van der Waals surface area contributed by atoms with Crippen molar-refractivity contribution in [3.05, 3.63) is 98.7 Å². The van der Waals surface area contributed by atoms with Crippen LogP contribution in [-0.4, -0.2) is 72.3 Å². The van der Waals surface area contributed by atoms with Gasteiger partial charge in [-0.3, -0.25) is 19.5 Å². The molecule has 4 fully saturated rings. The van der Waals surface area contributed by atoms with E-state index in [-0.39, 0.29) is 64.7 Å². The first-order valence-corrected chi connectivity index (χ1v) is 27.0. The lowest BCUT2D eigenvalue weighted by Gasteiger charge is -2.62. The van der Waals surface area contributed by atoms with Gasteiger partial charge in [0.25, 0.3) is 0 Å². The fourth-order valence-corrected chi connectivity index (χ4v) is 14.7. The molecule has 2 aromatic rings. The van der Waals surface area contributed by atoms with Gasteiger partial charge in [0, 0.05) is 52.0 Å². The number of Topliss-reactive ketones (excluding diaryl/α,β-unsaturated/α-hetero) is 2. The van der Waals surface area contributed by atoms with Gasteiger partial charge < -0.3 is 38.2 Å². The average molecular weight is 1010 g/mol. The number of rotatable bonds is 14. The highest BCUT2D eigenvalue weighted by Gasteiger charge is 2.84. The molecule has 4 heterocycles. The summed E-state index contributed by atoms with van der Waals surface area (Å²) >= 11 is 0. The zero-order valence-corrected chi connectivity index (χ0v) is 42.1. The first-order valence-electron chi connectivity index (χ1n) is 22.5. The lowest BCUT2D eigenvalue weighted by Crippen LogP contribution is -2.75. The van der Waals surface area contributed by atoms with Gasteiger partial charge in [-0.25, -0.2) is 18.5 Å². The van der Waals surface area contributed by atoms with Crippen LogP contribution in [0.5, 0.6) is 17.2 Å². The minimum Gasteiger partial charge on any atom is -0.482 e. The molecule has 21 heteroatoms. The van der Waals surface area contributed by atoms with Crippen LogP contribution in [0.1, 0.15) is 114 Å². The quantitative estimate of drug-likeness (QED) is 0.0596. The van der Waals surface area contributed by atoms with Crippen molar-refractivity contribution in [1.82, 2.24) is 0 Å². The predicted molar refractivity (Wildman–Crippen MR) is 250 cm³/mol. The molecule has 1 saturated heterocycles. The summed E-state index contributed by atoms with van der Waals surface area (Å²) in [6.07, 6.45) is 10.1. The SMILES string of the molecule is COC(=O)C(C)=CCC12OC(C)(C)C3CC(C1=O)C1C4=C(N=C5c6ccccc6C(=O)C51)c1c(OP(=O)(O)OP(=O)(O)OP(=O)(O)O)c5c(c(CC=C(C)C)c1OC432)OC(C)(CCC=C(C)C)C=C5. The van der Waals surface area contributed by atoms with Crippen LogP contribution >= 0.6 is 23.5 Å². The maximum atomic E-state index is 15.8. The van der Waals surface area contributed by atoms with Gasteiger partial charge in [-0.2, -0.15) is 8.62 Å². The Morgan fingerprint density at radius 1 is 0.899 bits per heavy atom. The van der Waals surface area contributed by atoms with Gasteiger partial charge in [0.1, 0.15) is 17.1 Å². The van der Waals surface area contributed by atoms with Crippen molar-refractivity contribution in [2.24, 2.45) is 28.7 Å². The summed E-state index contributed by atoms with van der Waals surface area (Å²) in [6, 6.07) is 6.92. The highest BCUT2D eigenvalue weighted by atomic mass is 31.3. The number of phosphoric ester groups is 1. The van der Waals surface area contributed by atoms with E-state index < -0.39 is 81.3 Å². The molecule has 18 nitrogen and oxygen atoms in total. The molecular weight excluding hydrogens is 955 g/mol. The van der Waals surface area contributed by atoms with E-state index >= 15 is 4.79 Å². The molecule has 4 aliphatic carbocycles. The molecule has 9 unspecified atom stereocenters. The van der Waals surface area contributed by atoms with E-state index in [1.54, 1.807) is 49.4 Å². The molecule has 1 spiro atoms. The van der Waals surface area contributed by atoms with Gasteiger partial charge in [-0.15, -0.1) is 0 Å². The third kappa shape index (κ3) is 7.87. The summed E-state index contributed by atoms with van der Waals surface area (Å²) in [6.45, 7) is 14.8. The Hall–Kier alpha value is -4.57. The molecule has 368 valence electrons. The number of phosphoric acid groups is 3. The summed E-state index contributed by atoms with van der Waals surface area (Å²) in [5, 5.41) is 0. The Labute approximate surface area is 398 Å². The second kappa shape index (κ2) is 16.5. The van der Waals surface area contributed by atoms with E-state index in [0.717, 1.165) is 11.1 Å². The van der Waals surface area contributed by atoms with Crippen LogP contribution in [0.4, 0.5) is 0 Å². The van der Waals surface area contributed by atoms with Crippen LogP contribution in [0.2, 0.25) is 0 Å². The number of ether oxygens (including phenoxy) is 4. The first kappa shape index (κ1) is 49.4. The Balaban J connectivity index is 1.40. The summed E-state index contributed by atoms with van der Waals surface area (Å²) in [5.41, 5.74) is -1.49. The molecular formula is C48H54NO17P3. The van der Waals surface area contributed by atoms with Crippen molar-refractivity contribution in [2.45, 2.75) is 110 Å². The van der Waals surface area contributed by atoms with Crippen LogP contribution in [-0.2, 0) is 47.8 Å². The maximum Gasteiger partial charge on any atom is 0.536 e. The lowest BCUT2D eigenvalue weighted by atomic mass is 9.43. The average Bonchev–Trinajstić information content (AvgIpc) is 3.59. The maximum absolute atomic E-state index is 15.8. The second-order valence-corrected chi connectivity index (χ2v) is 24.2. The molecule has 69 heavy (non-hydrogen) atoms. The van der Waals surface area contributed by atoms with Gasteiger partial charge >= 0.3 is 29.4 Å². The van der Waals surface area contributed by atoms with E-state index in [1.165, 1.54) is 7.11 Å². The molecule has 4 bridgehead atoms. The molecule has 4 N–H and O–H groups in total. The molecule has 9 atom stereocenters. The Morgan fingerprint density at radius 3 is 2.23 bits per heavy atom. The molecule has 0 amide bonds. The number of carbonyl (C=O) groups is 3. The molecule has 2 aromatic carbocycles. The zero-order chi connectivity index (χ0) is 50.2. The zero-order valence-electron chi connectivity index (χ0n) is 39.4. The highest BCUT2D eigenvalue weighted by Crippen LogP contribution is 2.75. The molecule has 0 radical (unpaired) electrons. The third-order valence-corrected chi connectivity index (χ3v) is 18.1. The summed E-state index contributed by atoms with van der Waals surface area (Å²) in [4.78, 5) is 89.4. The minimum absolute atomic E-state index is 0.0164. The van der Waals surface area contributed by atoms with Crippen LogP contribution in [0.15, 0.2) is 75.9 Å². The van der Waals surface area contributed by atoms with E-state index in [0.29, 0.717) is 40.8 Å². The number of benzene rings is 2. The third-order valence-electron chi connectivity index (χ3n) is 14.3. The largest absolute Gasteiger partial charge is 0.536 e. The number of carbonyl (C=O) groups excluding carboxylic acids is 3. The number of hydrogen-bond donors (Lipinski definition) is 4. The smallest absolute Gasteiger partial charge is 0.482 e. The topological polar surface area (TPSA) is 260 Å². The number of ketones is 2. The fourth-order valence-electron chi connectivity index (χ4n) is 11.7. The molecule has 3 saturated carbocycles. The fraction of sp³-hybridized carbons (Fsp3) is 0.458. The van der Waals surface area contributed by atoms with Crippen LogP contribution in [0, 0.1) is 23.7 Å². The van der Waals surface area contributed by atoms with E-state index in [2.05, 4.69) is 8.62 Å². The van der Waals surface area contributed by atoms with Gasteiger partial charge in [0.05, 0.1) is 41.2 Å². The standard InChI is InChI=1S/C48H54NO17P3/c1-24(2)13-12-20-46(8)21-19-30-40(61-46)29(17-16-25(3)4)41-35(42(30)63-68(56,57)66-69(58,59)65-67(53,54)55)38-36-33(34-37(49-38)27-14-10-11-15-28(27)39(34)50)31-23-32-45(6,7)64-47(43(31)51,48(32,36)62-41)22-18-26(5)44(52)60-9/h10-11,13-16,18-19,21,31-34H,12,17,20,22-23H2,1-9H3,(H,56,57)(H,58,59)(H2,53,54,55). The number of aliphatic imine (C=N–C) groups is 1. The number of esters is 1. The van der Waals surface area contributed by atoms with Crippen molar-refractivity contribution in [3.63, 3.8) is 0 Å². The summed E-state index contributed by atoms with van der Waals surface area (Å²) < 4.78 is 79.9. The molecule has 10 rings (SSSR count). The minimum atomic E-state index is -6.04. The number of allylic oxidation sites excluding steroid dienone is 4. The predicted octanol–water partition coefficient (Wildman–Crippen LogP) is 8.86. The number of nitrogens with zero attached hydrogens (tertiary/aromatic N) is 1. The van der Waals surface area contributed by atoms with E-state index in [4.69, 9.17) is 28.5 Å². The normalized spacial score (nSPS) is 30.3. The van der Waals surface area contributed by atoms with Crippen LogP contribution in [0.3, 0.4) is 0 Å². The van der Waals surface area contributed by atoms with E-state index in [9.17, 15) is 42.9 Å². The van der Waals surface area contributed by atoms with Crippen LogP contribution in [0.25, 0.3) is 11.8 Å². The number of fused-ring (bicyclic) bond motifs is 6. The van der Waals surface area contributed by atoms with Crippen molar-refractivity contribution in [2.75, 3.05) is 7.11 Å². The monoisotopic (exact) mass is 1010 g/mol. The van der Waals surface area contributed by atoms with E-state index in [1.807, 2.05) is 60.6 Å². The summed E-state index contributed by atoms with van der Waals surface area (Å²) in [5.74, 6) is -5.01. The number of hydrogen-bond acceptors (Lipinski definition) is 14. The highest BCUT2D eigenvalue weighted by molar-refractivity contribution is 7.66. The van der Waals surface area contributed by atoms with Gasteiger partial charge in [0.15, 0.2) is 28.5 Å². The molecule has 8 aliphatic rings. The first-order chi connectivity index (χ1) is 32.1.